The third kappa shape index (κ3) is 3.65. The molecular formula is C20H20N4OS. The Labute approximate surface area is 156 Å². The van der Waals surface area contributed by atoms with Crippen LogP contribution in [0.3, 0.4) is 0 Å². The van der Waals surface area contributed by atoms with E-state index in [-0.39, 0.29) is 11.2 Å². The lowest BCUT2D eigenvalue weighted by atomic mass is 10.1. The van der Waals surface area contributed by atoms with Crippen LogP contribution in [0.5, 0.6) is 0 Å². The Morgan fingerprint density at radius 1 is 1.15 bits per heavy atom. The molecule has 26 heavy (non-hydrogen) atoms. The smallest absolute Gasteiger partial charge is 0.238 e. The first-order valence-electron chi connectivity index (χ1n) is 8.70. The number of rotatable bonds is 6. The van der Waals surface area contributed by atoms with Crippen molar-refractivity contribution in [1.82, 2.24) is 20.1 Å². The summed E-state index contributed by atoms with van der Waals surface area (Å²) in [6.07, 6.45) is 3.83. The molecule has 0 unspecified atom stereocenters. The van der Waals surface area contributed by atoms with Crippen LogP contribution in [0.4, 0.5) is 0 Å². The highest BCUT2D eigenvalue weighted by molar-refractivity contribution is 8.00. The van der Waals surface area contributed by atoms with Crippen LogP contribution in [0.2, 0.25) is 0 Å². The molecule has 4 rings (SSSR count). The van der Waals surface area contributed by atoms with Gasteiger partial charge in [-0.05, 0) is 37.0 Å². The summed E-state index contributed by atoms with van der Waals surface area (Å²) in [6, 6.07) is 18.2. The molecule has 1 aliphatic rings. The minimum Gasteiger partial charge on any atom is -0.352 e. The number of amides is 1. The number of para-hydroxylation sites is 1. The van der Waals surface area contributed by atoms with Crippen molar-refractivity contribution in [3.63, 3.8) is 0 Å². The van der Waals surface area contributed by atoms with Crippen LogP contribution in [0.1, 0.15) is 29.2 Å². The average molecular weight is 364 g/mol. The number of carbonyl (C=O) groups is 1. The number of hydrogen-bond acceptors (Lipinski definition) is 4. The summed E-state index contributed by atoms with van der Waals surface area (Å²) in [7, 11) is 0. The second-order valence-electron chi connectivity index (χ2n) is 6.46. The van der Waals surface area contributed by atoms with Crippen molar-refractivity contribution in [3.8, 4) is 5.69 Å². The first-order valence-corrected chi connectivity index (χ1v) is 9.58. The predicted molar refractivity (Wildman–Crippen MR) is 102 cm³/mol. The van der Waals surface area contributed by atoms with Crippen LogP contribution in [-0.2, 0) is 4.79 Å². The van der Waals surface area contributed by atoms with Gasteiger partial charge in [-0.25, -0.2) is 0 Å². The molecule has 6 heteroatoms. The number of thioether (sulfide) groups is 1. The fourth-order valence-corrected chi connectivity index (χ4v) is 3.85. The highest BCUT2D eigenvalue weighted by Crippen LogP contribution is 2.36. The minimum atomic E-state index is -0.358. The van der Waals surface area contributed by atoms with Gasteiger partial charge >= 0.3 is 0 Å². The molecule has 1 saturated carbocycles. The highest BCUT2D eigenvalue weighted by atomic mass is 32.2. The zero-order valence-corrected chi connectivity index (χ0v) is 15.3. The van der Waals surface area contributed by atoms with Crippen molar-refractivity contribution >= 4 is 17.7 Å². The zero-order valence-electron chi connectivity index (χ0n) is 14.5. The van der Waals surface area contributed by atoms with E-state index in [9.17, 15) is 4.79 Å². The average Bonchev–Trinajstić information content (AvgIpc) is 3.35. The number of nitrogens with zero attached hydrogens (tertiary/aromatic N) is 3. The van der Waals surface area contributed by atoms with Gasteiger partial charge in [-0.15, -0.1) is 10.2 Å². The summed E-state index contributed by atoms with van der Waals surface area (Å²) in [6.45, 7) is 2.05. The zero-order chi connectivity index (χ0) is 17.9. The summed E-state index contributed by atoms with van der Waals surface area (Å²) < 4.78 is 1.94. The molecule has 2 aromatic carbocycles. The lowest BCUT2D eigenvalue weighted by molar-refractivity contribution is -0.120. The van der Waals surface area contributed by atoms with Gasteiger partial charge in [0.15, 0.2) is 5.16 Å². The van der Waals surface area contributed by atoms with Crippen LogP contribution in [0.25, 0.3) is 5.69 Å². The number of nitrogens with one attached hydrogen (secondary N) is 1. The lowest BCUT2D eigenvalue weighted by Gasteiger charge is -2.17. The quantitative estimate of drug-likeness (QED) is 0.678. The molecule has 5 nitrogen and oxygen atoms in total. The summed E-state index contributed by atoms with van der Waals surface area (Å²) in [4.78, 5) is 12.8. The first kappa shape index (κ1) is 16.8. The summed E-state index contributed by atoms with van der Waals surface area (Å²) in [5, 5.41) is 11.8. The minimum absolute atomic E-state index is 0.0306. The Kier molecular flexibility index (Phi) is 4.75. The summed E-state index contributed by atoms with van der Waals surface area (Å²) >= 11 is 1.43. The van der Waals surface area contributed by atoms with E-state index in [0.29, 0.717) is 11.2 Å². The van der Waals surface area contributed by atoms with Crippen LogP contribution in [0.15, 0.2) is 66.1 Å². The first-order chi connectivity index (χ1) is 12.7. The van der Waals surface area contributed by atoms with Gasteiger partial charge in [0.2, 0.25) is 5.91 Å². The van der Waals surface area contributed by atoms with Crippen LogP contribution < -0.4 is 5.32 Å². The fourth-order valence-electron chi connectivity index (χ4n) is 2.81. The molecule has 1 atom stereocenters. The van der Waals surface area contributed by atoms with Crippen LogP contribution >= 0.6 is 11.8 Å². The number of carbonyl (C=O) groups excluding carboxylic acids is 1. The predicted octanol–water partition coefficient (Wildman–Crippen LogP) is 3.69. The van der Waals surface area contributed by atoms with Crippen LogP contribution in [-0.4, -0.2) is 26.7 Å². The van der Waals surface area contributed by atoms with Gasteiger partial charge in [-0.2, -0.15) is 0 Å². The lowest BCUT2D eigenvalue weighted by Crippen LogP contribution is -2.29. The largest absolute Gasteiger partial charge is 0.352 e. The number of aryl methyl sites for hydroxylation is 1. The molecule has 0 spiro atoms. The topological polar surface area (TPSA) is 59.8 Å². The molecule has 0 aliphatic heterocycles. The third-order valence-electron chi connectivity index (χ3n) is 4.38. The molecule has 1 amide bonds. The maximum absolute atomic E-state index is 12.8. The van der Waals surface area contributed by atoms with E-state index in [1.165, 1.54) is 11.8 Å². The highest BCUT2D eigenvalue weighted by Gasteiger charge is 2.30. The second-order valence-corrected chi connectivity index (χ2v) is 7.53. The SMILES string of the molecule is Cc1ccccc1-n1cnnc1S[C@H](C(=O)NC1CC1)c1ccccc1. The fraction of sp³-hybridized carbons (Fsp3) is 0.250. The molecule has 0 saturated heterocycles. The van der Waals surface area contributed by atoms with Crippen molar-refractivity contribution in [3.05, 3.63) is 72.1 Å². The van der Waals surface area contributed by atoms with E-state index in [4.69, 9.17) is 0 Å². The van der Waals surface area contributed by atoms with Crippen molar-refractivity contribution in [2.24, 2.45) is 0 Å². The van der Waals surface area contributed by atoms with Crippen molar-refractivity contribution < 1.29 is 4.79 Å². The maximum atomic E-state index is 12.8. The van der Waals surface area contributed by atoms with Crippen molar-refractivity contribution in [2.75, 3.05) is 0 Å². The Balaban J connectivity index is 1.65. The van der Waals surface area contributed by atoms with E-state index in [2.05, 4.69) is 28.5 Å². The molecular weight excluding hydrogens is 344 g/mol. The Morgan fingerprint density at radius 2 is 1.88 bits per heavy atom. The Bertz CT molecular complexity index is 905. The summed E-state index contributed by atoms with van der Waals surface area (Å²) in [5.74, 6) is 0.0306. The van der Waals surface area contributed by atoms with E-state index >= 15 is 0 Å². The molecule has 0 radical (unpaired) electrons. The Morgan fingerprint density at radius 3 is 2.62 bits per heavy atom. The molecule has 1 heterocycles. The standard InChI is InChI=1S/C20H20N4OS/c1-14-7-5-6-10-17(14)24-13-21-23-20(24)26-18(15-8-3-2-4-9-15)19(25)22-16-11-12-16/h2-10,13,16,18H,11-12H2,1H3,(H,22,25)/t18-/m0/s1. The van der Waals surface area contributed by atoms with E-state index in [0.717, 1.165) is 29.7 Å². The molecule has 132 valence electrons. The van der Waals surface area contributed by atoms with Crippen molar-refractivity contribution in [2.45, 2.75) is 36.2 Å². The second kappa shape index (κ2) is 7.33. The number of hydrogen-bond donors (Lipinski definition) is 1. The summed E-state index contributed by atoms with van der Waals surface area (Å²) in [5.41, 5.74) is 3.12. The van der Waals surface area contributed by atoms with Gasteiger partial charge in [-0.1, -0.05) is 60.3 Å². The Hall–Kier alpha value is -2.60. The molecule has 1 N–H and O–H groups in total. The van der Waals surface area contributed by atoms with Gasteiger partial charge < -0.3 is 5.32 Å². The van der Waals surface area contributed by atoms with Gasteiger partial charge in [0.1, 0.15) is 11.6 Å². The van der Waals surface area contributed by atoms with Gasteiger partial charge in [0.25, 0.3) is 0 Å². The molecule has 1 aromatic heterocycles. The van der Waals surface area contributed by atoms with E-state index in [1.54, 1.807) is 6.33 Å². The van der Waals surface area contributed by atoms with Gasteiger partial charge in [0.05, 0.1) is 5.69 Å². The molecule has 1 fully saturated rings. The third-order valence-corrected chi connectivity index (χ3v) is 5.59. The van der Waals surface area contributed by atoms with Crippen LogP contribution in [0, 0.1) is 6.92 Å². The number of aromatic nitrogens is 3. The van der Waals surface area contributed by atoms with E-state index < -0.39 is 0 Å². The monoisotopic (exact) mass is 364 g/mol. The molecule has 0 bridgehead atoms. The van der Waals surface area contributed by atoms with Crippen molar-refractivity contribution in [1.29, 1.82) is 0 Å². The maximum Gasteiger partial charge on any atom is 0.238 e. The van der Waals surface area contributed by atoms with E-state index in [1.807, 2.05) is 53.1 Å². The normalized spacial score (nSPS) is 14.8. The number of benzene rings is 2. The molecule has 1 aliphatic carbocycles. The van der Waals surface area contributed by atoms with Gasteiger partial charge in [-0.3, -0.25) is 9.36 Å². The van der Waals surface area contributed by atoms with Gasteiger partial charge in [0, 0.05) is 6.04 Å². The molecule has 3 aromatic rings.